The van der Waals surface area contributed by atoms with Crippen LogP contribution in [0.5, 0.6) is 0 Å². The molecule has 4 nitrogen and oxygen atoms in total. The van der Waals surface area contributed by atoms with E-state index in [1.807, 2.05) is 0 Å². The zero-order valence-corrected chi connectivity index (χ0v) is 15.4. The highest BCUT2D eigenvalue weighted by Crippen LogP contribution is 2.33. The Kier molecular flexibility index (Phi) is 5.78. The topological polar surface area (TPSA) is 40.6 Å². The molecule has 1 heterocycles. The normalized spacial score (nSPS) is 14.9. The average molecular weight is 430 g/mol. The SMILES string of the molecule is O=C1CCCN1CN(C(=O)c1cccc(C(F)(F)F)c1)c1cccc(C(F)(F)F)c1. The molecule has 0 N–H and O–H groups in total. The first-order valence-electron chi connectivity index (χ1n) is 8.91. The number of benzene rings is 2. The van der Waals surface area contributed by atoms with Gasteiger partial charge in [-0.3, -0.25) is 14.5 Å². The highest BCUT2D eigenvalue weighted by molar-refractivity contribution is 6.06. The van der Waals surface area contributed by atoms with Gasteiger partial charge in [-0.1, -0.05) is 12.1 Å². The molecule has 160 valence electrons. The number of carbonyl (C=O) groups is 2. The van der Waals surface area contributed by atoms with Crippen molar-refractivity contribution < 1.29 is 35.9 Å². The summed E-state index contributed by atoms with van der Waals surface area (Å²) >= 11 is 0. The van der Waals surface area contributed by atoms with Crippen LogP contribution in [0.15, 0.2) is 48.5 Å². The smallest absolute Gasteiger partial charge is 0.324 e. The van der Waals surface area contributed by atoms with Gasteiger partial charge in [-0.2, -0.15) is 26.3 Å². The molecule has 1 fully saturated rings. The van der Waals surface area contributed by atoms with Gasteiger partial charge in [-0.05, 0) is 42.8 Å². The molecule has 0 bridgehead atoms. The Hall–Kier alpha value is -3.04. The Morgan fingerprint density at radius 3 is 2.10 bits per heavy atom. The summed E-state index contributed by atoms with van der Waals surface area (Å²) in [5.41, 5.74) is -2.61. The number of amides is 2. The number of likely N-dealkylation sites (tertiary alicyclic amines) is 1. The second kappa shape index (κ2) is 8.00. The lowest BCUT2D eigenvalue weighted by Gasteiger charge is -2.29. The molecule has 2 aromatic rings. The molecule has 0 radical (unpaired) electrons. The van der Waals surface area contributed by atoms with Crippen molar-refractivity contribution in [2.45, 2.75) is 25.2 Å². The predicted molar refractivity (Wildman–Crippen MR) is 95.5 cm³/mol. The van der Waals surface area contributed by atoms with Crippen LogP contribution < -0.4 is 4.90 Å². The van der Waals surface area contributed by atoms with Crippen LogP contribution in [0, 0.1) is 0 Å². The molecule has 1 saturated heterocycles. The quantitative estimate of drug-likeness (QED) is 0.644. The summed E-state index contributed by atoms with van der Waals surface area (Å²) < 4.78 is 78.4. The van der Waals surface area contributed by atoms with Gasteiger partial charge >= 0.3 is 12.4 Å². The Labute approximate surface area is 167 Å². The van der Waals surface area contributed by atoms with E-state index in [0.29, 0.717) is 19.0 Å². The van der Waals surface area contributed by atoms with E-state index in [0.717, 1.165) is 41.3 Å². The van der Waals surface area contributed by atoms with Crippen molar-refractivity contribution in [1.29, 1.82) is 0 Å². The molecule has 0 spiro atoms. The average Bonchev–Trinajstić information content (AvgIpc) is 3.09. The van der Waals surface area contributed by atoms with Crippen molar-refractivity contribution in [2.24, 2.45) is 0 Å². The van der Waals surface area contributed by atoms with E-state index in [-0.39, 0.29) is 30.2 Å². The molecule has 10 heteroatoms. The lowest BCUT2D eigenvalue weighted by molar-refractivity contribution is -0.138. The van der Waals surface area contributed by atoms with Crippen molar-refractivity contribution in [2.75, 3.05) is 18.1 Å². The van der Waals surface area contributed by atoms with Gasteiger partial charge in [0.05, 0.1) is 11.1 Å². The third-order valence-electron chi connectivity index (χ3n) is 4.65. The van der Waals surface area contributed by atoms with E-state index < -0.39 is 29.4 Å². The molecule has 0 aliphatic carbocycles. The van der Waals surface area contributed by atoms with E-state index in [2.05, 4.69) is 0 Å². The van der Waals surface area contributed by atoms with Crippen molar-refractivity contribution in [1.82, 2.24) is 4.90 Å². The molecule has 2 aromatic carbocycles. The number of hydrogen-bond acceptors (Lipinski definition) is 2. The maximum absolute atomic E-state index is 13.1. The third-order valence-corrected chi connectivity index (χ3v) is 4.65. The minimum absolute atomic E-state index is 0.174. The van der Waals surface area contributed by atoms with Gasteiger partial charge in [-0.15, -0.1) is 0 Å². The first-order valence-corrected chi connectivity index (χ1v) is 8.91. The van der Waals surface area contributed by atoms with E-state index in [1.54, 1.807) is 0 Å². The fraction of sp³-hybridized carbons (Fsp3) is 0.300. The maximum atomic E-state index is 13.1. The fourth-order valence-electron chi connectivity index (χ4n) is 3.12. The van der Waals surface area contributed by atoms with Crippen LogP contribution in [0.25, 0.3) is 0 Å². The number of carbonyl (C=O) groups excluding carboxylic acids is 2. The molecule has 2 amide bonds. The van der Waals surface area contributed by atoms with Gasteiger partial charge < -0.3 is 4.90 Å². The number of halogens is 6. The molecule has 0 saturated carbocycles. The number of anilines is 1. The summed E-state index contributed by atoms with van der Waals surface area (Å²) in [6.45, 7) is -0.0701. The summed E-state index contributed by atoms with van der Waals surface area (Å²) in [5.74, 6) is -1.23. The van der Waals surface area contributed by atoms with Crippen LogP contribution in [0.3, 0.4) is 0 Å². The fourth-order valence-corrected chi connectivity index (χ4v) is 3.12. The summed E-state index contributed by atoms with van der Waals surface area (Å²) in [7, 11) is 0. The molecular formula is C20H16F6N2O2. The highest BCUT2D eigenvalue weighted by atomic mass is 19.4. The van der Waals surface area contributed by atoms with Gasteiger partial charge in [-0.25, -0.2) is 0 Å². The summed E-state index contributed by atoms with van der Waals surface area (Å²) in [6.07, 6.45) is -8.62. The van der Waals surface area contributed by atoms with E-state index >= 15 is 0 Å². The first-order chi connectivity index (χ1) is 14.0. The van der Waals surface area contributed by atoms with Crippen molar-refractivity contribution >= 4 is 17.5 Å². The number of nitrogens with zero attached hydrogens (tertiary/aromatic N) is 2. The van der Waals surface area contributed by atoms with Crippen molar-refractivity contribution in [3.05, 3.63) is 65.2 Å². The predicted octanol–water partition coefficient (Wildman–Crippen LogP) is 4.95. The largest absolute Gasteiger partial charge is 0.416 e. The molecule has 30 heavy (non-hydrogen) atoms. The molecule has 0 atom stereocenters. The van der Waals surface area contributed by atoms with Gasteiger partial charge in [0.1, 0.15) is 6.67 Å². The molecule has 3 rings (SSSR count). The van der Waals surface area contributed by atoms with Gasteiger partial charge in [0.25, 0.3) is 5.91 Å². The first kappa shape index (κ1) is 21.7. The van der Waals surface area contributed by atoms with Crippen molar-refractivity contribution in [3.63, 3.8) is 0 Å². The van der Waals surface area contributed by atoms with E-state index in [4.69, 9.17) is 0 Å². The lowest BCUT2D eigenvalue weighted by Crippen LogP contribution is -2.42. The van der Waals surface area contributed by atoms with Crippen LogP contribution in [0.2, 0.25) is 0 Å². The van der Waals surface area contributed by atoms with E-state index in [1.165, 1.54) is 11.0 Å². The second-order valence-corrected chi connectivity index (χ2v) is 6.76. The Morgan fingerprint density at radius 1 is 0.933 bits per heavy atom. The zero-order valence-electron chi connectivity index (χ0n) is 15.4. The number of hydrogen-bond donors (Lipinski definition) is 0. The molecule has 0 unspecified atom stereocenters. The van der Waals surface area contributed by atoms with Crippen molar-refractivity contribution in [3.8, 4) is 0 Å². The molecule has 1 aliphatic heterocycles. The minimum Gasteiger partial charge on any atom is -0.324 e. The number of alkyl halides is 6. The van der Waals surface area contributed by atoms with Crippen LogP contribution in [-0.2, 0) is 17.1 Å². The Bertz CT molecular complexity index is 955. The molecule has 1 aliphatic rings. The standard InChI is InChI=1S/C20H16F6N2O2/c21-19(22,23)14-5-1-4-13(10-14)18(30)28(12-27-9-3-8-17(27)29)16-7-2-6-15(11-16)20(24,25)26/h1-2,4-7,10-11H,3,8-9,12H2. The van der Waals surface area contributed by atoms with Crippen LogP contribution in [0.1, 0.15) is 34.3 Å². The summed E-state index contributed by atoms with van der Waals surface area (Å²) in [6, 6.07) is 7.48. The monoisotopic (exact) mass is 430 g/mol. The van der Waals surface area contributed by atoms with Gasteiger partial charge in [0.2, 0.25) is 5.91 Å². The Balaban J connectivity index is 2.02. The molecular weight excluding hydrogens is 414 g/mol. The van der Waals surface area contributed by atoms with Crippen LogP contribution >= 0.6 is 0 Å². The minimum atomic E-state index is -4.69. The molecule has 0 aromatic heterocycles. The highest BCUT2D eigenvalue weighted by Gasteiger charge is 2.34. The number of rotatable bonds is 4. The summed E-state index contributed by atoms with van der Waals surface area (Å²) in [5, 5.41) is 0. The third kappa shape index (κ3) is 4.74. The Morgan fingerprint density at radius 2 is 1.53 bits per heavy atom. The van der Waals surface area contributed by atoms with Gasteiger partial charge in [0.15, 0.2) is 0 Å². The van der Waals surface area contributed by atoms with Crippen LogP contribution in [0.4, 0.5) is 32.0 Å². The van der Waals surface area contributed by atoms with Gasteiger partial charge in [0, 0.05) is 24.2 Å². The summed E-state index contributed by atoms with van der Waals surface area (Å²) in [4.78, 5) is 27.2. The maximum Gasteiger partial charge on any atom is 0.416 e. The lowest BCUT2D eigenvalue weighted by atomic mass is 10.1. The second-order valence-electron chi connectivity index (χ2n) is 6.76. The van der Waals surface area contributed by atoms with Crippen LogP contribution in [-0.4, -0.2) is 29.9 Å². The van der Waals surface area contributed by atoms with E-state index in [9.17, 15) is 35.9 Å². The zero-order chi connectivity index (χ0) is 22.1.